The van der Waals surface area contributed by atoms with E-state index in [2.05, 4.69) is 9.97 Å². The van der Waals surface area contributed by atoms with Gasteiger partial charge in [0.25, 0.3) is 5.56 Å². The number of nitrogens with zero attached hydrogens (tertiary/aromatic N) is 1. The molecule has 6 nitrogen and oxygen atoms in total. The number of hydrogen-bond acceptors (Lipinski definition) is 3. The summed E-state index contributed by atoms with van der Waals surface area (Å²) in [7, 11) is -1.82. The first-order chi connectivity index (χ1) is 9.38. The van der Waals surface area contributed by atoms with Crippen LogP contribution in [-0.4, -0.2) is 31.7 Å². The third-order valence-corrected chi connectivity index (χ3v) is 4.58. The van der Waals surface area contributed by atoms with Gasteiger partial charge in [0.05, 0.1) is 11.9 Å². The van der Waals surface area contributed by atoms with E-state index in [1.165, 1.54) is 11.4 Å². The van der Waals surface area contributed by atoms with Crippen LogP contribution < -0.4 is 9.86 Å². The van der Waals surface area contributed by atoms with Gasteiger partial charge in [0, 0.05) is 29.5 Å². The van der Waals surface area contributed by atoms with E-state index < -0.39 is 10.0 Å². The number of nitrogens with one attached hydrogen (secondary N) is 2. The Kier molecular flexibility index (Phi) is 2.62. The van der Waals surface area contributed by atoms with Gasteiger partial charge in [0.15, 0.2) is 0 Å². The normalized spacial score (nSPS) is 12.1. The van der Waals surface area contributed by atoms with Crippen molar-refractivity contribution in [2.24, 2.45) is 0 Å². The third-order valence-electron chi connectivity index (χ3n) is 3.38. The molecule has 104 valence electrons. The molecule has 2 heterocycles. The van der Waals surface area contributed by atoms with Crippen LogP contribution in [0, 0.1) is 0 Å². The molecule has 0 amide bonds. The van der Waals surface area contributed by atoms with Crippen LogP contribution in [0.5, 0.6) is 0 Å². The lowest BCUT2D eigenvalue weighted by atomic mass is 10.1. The Balaban J connectivity index is 2.36. The number of pyridine rings is 1. The van der Waals surface area contributed by atoms with Gasteiger partial charge in [-0.1, -0.05) is 0 Å². The summed E-state index contributed by atoms with van der Waals surface area (Å²) in [6.07, 6.45) is 2.84. The monoisotopic (exact) mass is 291 g/mol. The number of aromatic amines is 2. The van der Waals surface area contributed by atoms with Crippen LogP contribution in [0.3, 0.4) is 0 Å². The molecule has 20 heavy (non-hydrogen) atoms. The van der Waals surface area contributed by atoms with Crippen molar-refractivity contribution < 1.29 is 8.42 Å². The van der Waals surface area contributed by atoms with E-state index in [-0.39, 0.29) is 5.56 Å². The Morgan fingerprint density at radius 2 is 1.90 bits per heavy atom. The van der Waals surface area contributed by atoms with Gasteiger partial charge in [-0.25, -0.2) is 8.42 Å². The predicted octanol–water partition coefficient (Wildman–Crippen LogP) is 1.41. The van der Waals surface area contributed by atoms with Crippen molar-refractivity contribution in [3.05, 3.63) is 40.8 Å². The SMILES string of the molecule is CN(c1ccc2[nH]c(=O)c3[nH]ccc3c2c1)S(C)(=O)=O. The molecule has 0 aliphatic rings. The molecule has 2 aromatic heterocycles. The molecule has 0 aliphatic heterocycles. The highest BCUT2D eigenvalue weighted by Gasteiger charge is 2.13. The molecule has 2 N–H and O–H groups in total. The van der Waals surface area contributed by atoms with Gasteiger partial charge in [0.2, 0.25) is 10.0 Å². The first-order valence-corrected chi connectivity index (χ1v) is 7.80. The molecule has 0 saturated carbocycles. The Morgan fingerprint density at radius 1 is 1.15 bits per heavy atom. The largest absolute Gasteiger partial charge is 0.357 e. The fourth-order valence-corrected chi connectivity index (χ4v) is 2.71. The minimum Gasteiger partial charge on any atom is -0.357 e. The fourth-order valence-electron chi connectivity index (χ4n) is 2.22. The number of aromatic nitrogens is 2. The molecule has 0 bridgehead atoms. The Hall–Kier alpha value is -2.28. The summed E-state index contributed by atoms with van der Waals surface area (Å²) in [6, 6.07) is 6.93. The second kappa shape index (κ2) is 4.11. The highest BCUT2D eigenvalue weighted by atomic mass is 32.2. The van der Waals surface area contributed by atoms with Crippen molar-refractivity contribution in [3.63, 3.8) is 0 Å². The molecule has 0 radical (unpaired) electrons. The van der Waals surface area contributed by atoms with Gasteiger partial charge in [-0.2, -0.15) is 0 Å². The highest BCUT2D eigenvalue weighted by molar-refractivity contribution is 7.92. The second-order valence-electron chi connectivity index (χ2n) is 4.68. The maximum atomic E-state index is 11.8. The maximum absolute atomic E-state index is 11.8. The van der Waals surface area contributed by atoms with Crippen LogP contribution in [-0.2, 0) is 10.0 Å². The molecular formula is C13H13N3O3S. The summed E-state index contributed by atoms with van der Waals surface area (Å²) in [6.45, 7) is 0. The molecule has 0 fully saturated rings. The topological polar surface area (TPSA) is 86.0 Å². The van der Waals surface area contributed by atoms with E-state index >= 15 is 0 Å². The van der Waals surface area contributed by atoms with E-state index in [4.69, 9.17) is 0 Å². The van der Waals surface area contributed by atoms with Crippen LogP contribution in [0.2, 0.25) is 0 Å². The zero-order chi connectivity index (χ0) is 14.5. The quantitative estimate of drug-likeness (QED) is 0.748. The minimum absolute atomic E-state index is 0.193. The lowest BCUT2D eigenvalue weighted by molar-refractivity contribution is 0.600. The van der Waals surface area contributed by atoms with Crippen LogP contribution >= 0.6 is 0 Å². The van der Waals surface area contributed by atoms with E-state index in [1.54, 1.807) is 30.5 Å². The summed E-state index contributed by atoms with van der Waals surface area (Å²) in [4.78, 5) is 17.5. The van der Waals surface area contributed by atoms with Crippen LogP contribution in [0.25, 0.3) is 21.8 Å². The van der Waals surface area contributed by atoms with E-state index in [9.17, 15) is 13.2 Å². The molecule has 7 heteroatoms. The van der Waals surface area contributed by atoms with Crippen molar-refractivity contribution >= 4 is 37.5 Å². The molecule has 3 rings (SSSR count). The maximum Gasteiger partial charge on any atom is 0.272 e. The number of benzene rings is 1. The zero-order valence-corrected chi connectivity index (χ0v) is 11.8. The van der Waals surface area contributed by atoms with Crippen LogP contribution in [0.1, 0.15) is 0 Å². The summed E-state index contributed by atoms with van der Waals surface area (Å²) in [5, 5.41) is 1.57. The first kappa shape index (κ1) is 12.7. The predicted molar refractivity (Wildman–Crippen MR) is 79.7 cm³/mol. The molecule has 0 unspecified atom stereocenters. The fraction of sp³-hybridized carbons (Fsp3) is 0.154. The molecular weight excluding hydrogens is 278 g/mol. The number of rotatable bonds is 2. The summed E-state index contributed by atoms with van der Waals surface area (Å²) in [5.74, 6) is 0. The smallest absolute Gasteiger partial charge is 0.272 e. The van der Waals surface area contributed by atoms with Crippen molar-refractivity contribution in [3.8, 4) is 0 Å². The van der Waals surface area contributed by atoms with E-state index in [0.717, 1.165) is 17.0 Å². The van der Waals surface area contributed by atoms with Gasteiger partial charge in [-0.3, -0.25) is 9.10 Å². The van der Waals surface area contributed by atoms with Crippen molar-refractivity contribution in [1.29, 1.82) is 0 Å². The molecule has 3 aromatic rings. The zero-order valence-electron chi connectivity index (χ0n) is 11.0. The summed E-state index contributed by atoms with van der Waals surface area (Å²) >= 11 is 0. The third kappa shape index (κ3) is 1.87. The average Bonchev–Trinajstić information content (AvgIpc) is 2.86. The van der Waals surface area contributed by atoms with E-state index in [1.807, 2.05) is 0 Å². The lowest BCUT2D eigenvalue weighted by Gasteiger charge is -2.17. The van der Waals surface area contributed by atoms with E-state index in [0.29, 0.717) is 16.7 Å². The highest BCUT2D eigenvalue weighted by Crippen LogP contribution is 2.26. The number of H-pyrrole nitrogens is 2. The molecule has 0 aliphatic carbocycles. The second-order valence-corrected chi connectivity index (χ2v) is 6.69. The van der Waals surface area contributed by atoms with Gasteiger partial charge < -0.3 is 9.97 Å². The standard InChI is InChI=1S/C13H13N3O3S/c1-16(20(2,18)19)8-3-4-11-10(7-8)9-5-6-14-12(9)13(17)15-11/h3-7,14H,1-2H3,(H,15,17). The van der Waals surface area contributed by atoms with Crippen molar-refractivity contribution in [1.82, 2.24) is 9.97 Å². The summed E-state index contributed by atoms with van der Waals surface area (Å²) in [5.41, 5.74) is 1.51. The Labute approximate surface area is 115 Å². The van der Waals surface area contributed by atoms with Gasteiger partial charge in [-0.05, 0) is 24.3 Å². The van der Waals surface area contributed by atoms with Crippen LogP contribution in [0.4, 0.5) is 5.69 Å². The van der Waals surface area contributed by atoms with Gasteiger partial charge >= 0.3 is 0 Å². The first-order valence-electron chi connectivity index (χ1n) is 5.95. The Morgan fingerprint density at radius 3 is 2.60 bits per heavy atom. The molecule has 0 spiro atoms. The Bertz CT molecular complexity index is 969. The number of fused-ring (bicyclic) bond motifs is 3. The van der Waals surface area contributed by atoms with Crippen LogP contribution in [0.15, 0.2) is 35.3 Å². The molecule has 1 aromatic carbocycles. The molecule has 0 saturated heterocycles. The molecule has 0 atom stereocenters. The van der Waals surface area contributed by atoms with Crippen molar-refractivity contribution in [2.75, 3.05) is 17.6 Å². The number of anilines is 1. The minimum atomic E-state index is -3.32. The lowest BCUT2D eigenvalue weighted by Crippen LogP contribution is -2.24. The van der Waals surface area contributed by atoms with Gasteiger partial charge in [-0.15, -0.1) is 0 Å². The number of hydrogen-bond donors (Lipinski definition) is 2. The number of sulfonamides is 1. The van der Waals surface area contributed by atoms with Gasteiger partial charge in [0.1, 0.15) is 5.52 Å². The average molecular weight is 291 g/mol. The van der Waals surface area contributed by atoms with Crippen molar-refractivity contribution in [2.45, 2.75) is 0 Å². The summed E-state index contributed by atoms with van der Waals surface area (Å²) < 4.78 is 24.4.